The van der Waals surface area contributed by atoms with Gasteiger partial charge in [-0.2, -0.15) is 0 Å². The SMILES string of the molecule is COC(=O)N1CCCC1C1CCCCC1O. The monoisotopic (exact) mass is 227 g/mol. The van der Waals surface area contributed by atoms with Gasteiger partial charge in [-0.1, -0.05) is 12.8 Å². The first-order valence-corrected chi connectivity index (χ1v) is 6.26. The van der Waals surface area contributed by atoms with Crippen LogP contribution in [-0.2, 0) is 4.74 Å². The predicted octanol–water partition coefficient (Wildman–Crippen LogP) is 1.77. The minimum absolute atomic E-state index is 0.197. The largest absolute Gasteiger partial charge is 0.453 e. The fourth-order valence-electron chi connectivity index (χ4n) is 3.17. The van der Waals surface area contributed by atoms with Crippen LogP contribution in [0.4, 0.5) is 4.79 Å². The number of aliphatic hydroxyl groups is 1. The highest BCUT2D eigenvalue weighted by Crippen LogP contribution is 2.34. The number of hydrogen-bond donors (Lipinski definition) is 1. The normalized spacial score (nSPS) is 35.1. The quantitative estimate of drug-likeness (QED) is 0.742. The second-order valence-corrected chi connectivity index (χ2v) is 4.89. The van der Waals surface area contributed by atoms with Crippen molar-refractivity contribution in [3.63, 3.8) is 0 Å². The third kappa shape index (κ3) is 2.17. The summed E-state index contributed by atoms with van der Waals surface area (Å²) in [5, 5.41) is 10.0. The van der Waals surface area contributed by atoms with Crippen molar-refractivity contribution in [1.82, 2.24) is 4.90 Å². The number of hydrogen-bond acceptors (Lipinski definition) is 3. The molecule has 1 aliphatic carbocycles. The van der Waals surface area contributed by atoms with Crippen molar-refractivity contribution < 1.29 is 14.6 Å². The molecular weight excluding hydrogens is 206 g/mol. The second-order valence-electron chi connectivity index (χ2n) is 4.89. The summed E-state index contributed by atoms with van der Waals surface area (Å²) in [6.45, 7) is 0.778. The molecule has 92 valence electrons. The molecule has 0 bridgehead atoms. The standard InChI is InChI=1S/C12H21NO3/c1-16-12(15)13-8-4-6-10(13)9-5-2-3-7-11(9)14/h9-11,14H,2-8H2,1H3. The molecule has 1 heterocycles. The molecule has 0 aromatic carbocycles. The van der Waals surface area contributed by atoms with Crippen molar-refractivity contribution in [2.75, 3.05) is 13.7 Å². The number of ether oxygens (including phenoxy) is 1. The topological polar surface area (TPSA) is 49.8 Å². The van der Waals surface area contributed by atoms with Gasteiger partial charge in [0.1, 0.15) is 0 Å². The summed E-state index contributed by atoms with van der Waals surface area (Å²) in [6, 6.07) is 0.197. The van der Waals surface area contributed by atoms with Crippen LogP contribution in [0.25, 0.3) is 0 Å². The van der Waals surface area contributed by atoms with E-state index in [2.05, 4.69) is 0 Å². The zero-order valence-corrected chi connectivity index (χ0v) is 9.89. The maximum Gasteiger partial charge on any atom is 0.409 e. The molecule has 4 nitrogen and oxygen atoms in total. The predicted molar refractivity (Wildman–Crippen MR) is 60.1 cm³/mol. The van der Waals surface area contributed by atoms with Crippen molar-refractivity contribution in [3.8, 4) is 0 Å². The van der Waals surface area contributed by atoms with Crippen LogP contribution in [0.3, 0.4) is 0 Å². The Labute approximate surface area is 96.6 Å². The van der Waals surface area contributed by atoms with Gasteiger partial charge in [-0.15, -0.1) is 0 Å². The first-order chi connectivity index (χ1) is 7.74. The molecule has 16 heavy (non-hydrogen) atoms. The van der Waals surface area contributed by atoms with Crippen LogP contribution in [-0.4, -0.2) is 41.9 Å². The summed E-state index contributed by atoms with van der Waals surface area (Å²) in [4.78, 5) is 13.4. The number of rotatable bonds is 1. The number of methoxy groups -OCH3 is 1. The van der Waals surface area contributed by atoms with Gasteiger partial charge in [0.05, 0.1) is 13.2 Å². The molecule has 1 amide bonds. The van der Waals surface area contributed by atoms with Crippen molar-refractivity contribution in [3.05, 3.63) is 0 Å². The van der Waals surface area contributed by atoms with Crippen LogP contribution in [0.1, 0.15) is 38.5 Å². The molecule has 2 aliphatic rings. The van der Waals surface area contributed by atoms with Gasteiger partial charge < -0.3 is 14.7 Å². The van der Waals surface area contributed by atoms with E-state index in [-0.39, 0.29) is 24.2 Å². The molecule has 0 spiro atoms. The lowest BCUT2D eigenvalue weighted by Gasteiger charge is -2.36. The van der Waals surface area contributed by atoms with E-state index in [0.717, 1.165) is 38.6 Å². The molecule has 3 atom stereocenters. The van der Waals surface area contributed by atoms with E-state index in [1.54, 1.807) is 4.90 Å². The highest BCUT2D eigenvalue weighted by molar-refractivity contribution is 5.68. The number of amides is 1. The molecule has 0 aromatic heterocycles. The first-order valence-electron chi connectivity index (χ1n) is 6.26. The van der Waals surface area contributed by atoms with E-state index in [9.17, 15) is 9.90 Å². The highest BCUT2D eigenvalue weighted by atomic mass is 16.5. The molecule has 0 aromatic rings. The Hall–Kier alpha value is -0.770. The van der Waals surface area contributed by atoms with Gasteiger partial charge in [0.2, 0.25) is 0 Å². The van der Waals surface area contributed by atoms with Crippen molar-refractivity contribution in [1.29, 1.82) is 0 Å². The summed E-state index contributed by atoms with van der Waals surface area (Å²) in [5.41, 5.74) is 0. The third-order valence-corrected chi connectivity index (χ3v) is 3.98. The zero-order chi connectivity index (χ0) is 11.5. The average Bonchev–Trinajstić information content (AvgIpc) is 2.77. The van der Waals surface area contributed by atoms with Gasteiger partial charge in [0.25, 0.3) is 0 Å². The molecule has 1 N–H and O–H groups in total. The van der Waals surface area contributed by atoms with Gasteiger partial charge in [0.15, 0.2) is 0 Å². The molecule has 2 rings (SSSR count). The smallest absolute Gasteiger partial charge is 0.409 e. The molecule has 1 saturated carbocycles. The summed E-state index contributed by atoms with van der Waals surface area (Å²) in [7, 11) is 1.43. The number of carbonyl (C=O) groups is 1. The fraction of sp³-hybridized carbons (Fsp3) is 0.917. The Kier molecular flexibility index (Phi) is 3.69. The first kappa shape index (κ1) is 11.7. The lowest BCUT2D eigenvalue weighted by atomic mass is 9.80. The Balaban J connectivity index is 2.03. The Bertz CT molecular complexity index is 257. The van der Waals surface area contributed by atoms with Gasteiger partial charge in [0, 0.05) is 18.5 Å². The van der Waals surface area contributed by atoms with Gasteiger partial charge in [-0.25, -0.2) is 4.79 Å². The van der Waals surface area contributed by atoms with Crippen LogP contribution in [0.5, 0.6) is 0 Å². The zero-order valence-electron chi connectivity index (χ0n) is 9.89. The molecule has 0 radical (unpaired) electrons. The highest BCUT2D eigenvalue weighted by Gasteiger charge is 2.39. The number of likely N-dealkylation sites (tertiary alicyclic amines) is 1. The maximum absolute atomic E-state index is 11.6. The van der Waals surface area contributed by atoms with Crippen LogP contribution in [0.15, 0.2) is 0 Å². The van der Waals surface area contributed by atoms with Crippen molar-refractivity contribution >= 4 is 6.09 Å². The van der Waals surface area contributed by atoms with Gasteiger partial charge in [-0.05, 0) is 25.7 Å². The maximum atomic E-state index is 11.6. The van der Waals surface area contributed by atoms with E-state index < -0.39 is 0 Å². The van der Waals surface area contributed by atoms with E-state index in [4.69, 9.17) is 4.74 Å². The fourth-order valence-corrected chi connectivity index (χ4v) is 3.17. The Morgan fingerprint density at radius 2 is 2.00 bits per heavy atom. The third-order valence-electron chi connectivity index (χ3n) is 3.98. The lowest BCUT2D eigenvalue weighted by molar-refractivity contribution is 0.0216. The Morgan fingerprint density at radius 1 is 1.25 bits per heavy atom. The van der Waals surface area contributed by atoms with Crippen LogP contribution in [0.2, 0.25) is 0 Å². The van der Waals surface area contributed by atoms with Crippen LogP contribution < -0.4 is 0 Å². The Morgan fingerprint density at radius 3 is 2.69 bits per heavy atom. The summed E-state index contributed by atoms with van der Waals surface area (Å²) in [6.07, 6.45) is 5.79. The number of carbonyl (C=O) groups excluding carboxylic acids is 1. The summed E-state index contributed by atoms with van der Waals surface area (Å²) < 4.78 is 4.80. The molecule has 1 aliphatic heterocycles. The minimum atomic E-state index is -0.236. The van der Waals surface area contributed by atoms with Crippen molar-refractivity contribution in [2.24, 2.45) is 5.92 Å². The molecule has 4 heteroatoms. The molecule has 3 unspecified atom stereocenters. The number of aliphatic hydroxyl groups excluding tert-OH is 1. The van der Waals surface area contributed by atoms with Gasteiger partial charge >= 0.3 is 6.09 Å². The molecule has 2 fully saturated rings. The van der Waals surface area contributed by atoms with Gasteiger partial charge in [-0.3, -0.25) is 0 Å². The molecular formula is C12H21NO3. The summed E-state index contributed by atoms with van der Waals surface area (Å²) in [5.74, 6) is 0.260. The minimum Gasteiger partial charge on any atom is -0.453 e. The van der Waals surface area contributed by atoms with E-state index >= 15 is 0 Å². The summed E-state index contributed by atoms with van der Waals surface area (Å²) >= 11 is 0. The molecule has 1 saturated heterocycles. The second kappa shape index (κ2) is 5.04. The average molecular weight is 227 g/mol. The van der Waals surface area contributed by atoms with E-state index in [1.165, 1.54) is 13.5 Å². The lowest BCUT2D eigenvalue weighted by Crippen LogP contribution is -2.45. The number of nitrogens with zero attached hydrogens (tertiary/aromatic N) is 1. The van der Waals surface area contributed by atoms with Crippen LogP contribution >= 0.6 is 0 Å². The van der Waals surface area contributed by atoms with Crippen LogP contribution in [0, 0.1) is 5.92 Å². The van der Waals surface area contributed by atoms with E-state index in [1.807, 2.05) is 0 Å². The van der Waals surface area contributed by atoms with Crippen molar-refractivity contribution in [2.45, 2.75) is 50.7 Å². The van der Waals surface area contributed by atoms with E-state index in [0.29, 0.717) is 0 Å².